The summed E-state index contributed by atoms with van der Waals surface area (Å²) in [5.74, 6) is -3.82. The molecule has 2 aliphatic rings. The van der Waals surface area contributed by atoms with Crippen molar-refractivity contribution in [2.24, 2.45) is 11.8 Å². The van der Waals surface area contributed by atoms with Crippen molar-refractivity contribution in [1.82, 2.24) is 4.90 Å². The van der Waals surface area contributed by atoms with Crippen LogP contribution in [0.5, 0.6) is 0 Å². The Balaban J connectivity index is 1.43. The maximum atomic E-state index is 13.2. The molecule has 1 aliphatic carbocycles. The van der Waals surface area contributed by atoms with Gasteiger partial charge < -0.3 is 25.0 Å². The number of aliphatic carboxylic acids is 1. The number of hydrogen-bond acceptors (Lipinski definition) is 5. The standard InChI is InChI=1S/C25H26FN3O4/c26-17-9-11-18(12-10-17)28-13-15-29(16-14-28)24(31)21-7-3-4-8-22(21)27-23(30)19-5-1-2-6-20(19)25(32)33/h1-4,7-12,19-20H,5-6,13-16H2,(H,27,30)(H,32,33)/p-1/t19-,20+/m1/s1. The van der Waals surface area contributed by atoms with E-state index in [0.717, 1.165) is 5.69 Å². The highest BCUT2D eigenvalue weighted by molar-refractivity contribution is 6.04. The van der Waals surface area contributed by atoms with E-state index in [0.29, 0.717) is 43.9 Å². The SMILES string of the molecule is O=C([O-])[C@H]1CC=CC[C@H]1C(=O)Nc1ccccc1C(=O)N1CCN(c2ccc(F)cc2)CC1. The minimum atomic E-state index is -1.25. The second-order valence-electron chi connectivity index (χ2n) is 8.27. The van der Waals surface area contributed by atoms with Crippen molar-refractivity contribution < 1.29 is 23.9 Å². The number of carbonyl (C=O) groups excluding carboxylic acids is 3. The first-order valence-electron chi connectivity index (χ1n) is 11.0. The highest BCUT2D eigenvalue weighted by atomic mass is 19.1. The van der Waals surface area contributed by atoms with Gasteiger partial charge in [0.15, 0.2) is 0 Å². The summed E-state index contributed by atoms with van der Waals surface area (Å²) in [6, 6.07) is 13.0. The van der Waals surface area contributed by atoms with Crippen molar-refractivity contribution in [1.29, 1.82) is 0 Å². The molecule has 2 aromatic rings. The van der Waals surface area contributed by atoms with Crippen LogP contribution in [0.25, 0.3) is 0 Å². The molecule has 172 valence electrons. The zero-order valence-corrected chi connectivity index (χ0v) is 18.1. The third-order valence-electron chi connectivity index (χ3n) is 6.25. The summed E-state index contributed by atoms with van der Waals surface area (Å²) in [5.41, 5.74) is 1.62. The summed E-state index contributed by atoms with van der Waals surface area (Å²) < 4.78 is 13.2. The number of anilines is 2. The van der Waals surface area contributed by atoms with Gasteiger partial charge in [0.2, 0.25) is 5.91 Å². The lowest BCUT2D eigenvalue weighted by molar-refractivity contribution is -0.313. The smallest absolute Gasteiger partial charge is 0.256 e. The van der Waals surface area contributed by atoms with Crippen molar-refractivity contribution >= 4 is 29.2 Å². The maximum Gasteiger partial charge on any atom is 0.256 e. The van der Waals surface area contributed by atoms with E-state index in [9.17, 15) is 23.9 Å². The van der Waals surface area contributed by atoms with Crippen molar-refractivity contribution in [2.45, 2.75) is 12.8 Å². The average molecular weight is 450 g/mol. The van der Waals surface area contributed by atoms with E-state index in [2.05, 4.69) is 10.2 Å². The van der Waals surface area contributed by atoms with Gasteiger partial charge in [-0.15, -0.1) is 0 Å². The predicted octanol–water partition coefficient (Wildman–Crippen LogP) is 2.06. The Kier molecular flexibility index (Phi) is 6.72. The number of amides is 2. The summed E-state index contributed by atoms with van der Waals surface area (Å²) in [7, 11) is 0. The highest BCUT2D eigenvalue weighted by Gasteiger charge is 2.31. The summed E-state index contributed by atoms with van der Waals surface area (Å²) in [6.07, 6.45) is 4.10. The van der Waals surface area contributed by atoms with Crippen LogP contribution in [0.4, 0.5) is 15.8 Å². The van der Waals surface area contributed by atoms with Gasteiger partial charge in [0.05, 0.1) is 17.2 Å². The van der Waals surface area contributed by atoms with Crippen LogP contribution in [0.3, 0.4) is 0 Å². The predicted molar refractivity (Wildman–Crippen MR) is 120 cm³/mol. The molecule has 2 aromatic carbocycles. The highest BCUT2D eigenvalue weighted by Crippen LogP contribution is 2.28. The van der Waals surface area contributed by atoms with Gasteiger partial charge in [-0.25, -0.2) is 4.39 Å². The zero-order chi connectivity index (χ0) is 23.4. The Bertz CT molecular complexity index is 1060. The second-order valence-corrected chi connectivity index (χ2v) is 8.27. The minimum absolute atomic E-state index is 0.204. The lowest BCUT2D eigenvalue weighted by atomic mass is 9.82. The first kappa shape index (κ1) is 22.5. The van der Waals surface area contributed by atoms with Crippen molar-refractivity contribution in [3.05, 3.63) is 72.1 Å². The van der Waals surface area contributed by atoms with Gasteiger partial charge in [-0.3, -0.25) is 9.59 Å². The molecule has 8 heteroatoms. The lowest BCUT2D eigenvalue weighted by Gasteiger charge is -2.36. The number of nitrogens with zero attached hydrogens (tertiary/aromatic N) is 2. The largest absolute Gasteiger partial charge is 0.550 e. The maximum absolute atomic E-state index is 13.2. The third kappa shape index (κ3) is 5.05. The van der Waals surface area contributed by atoms with Crippen LogP contribution < -0.4 is 15.3 Å². The number of nitrogens with one attached hydrogen (secondary N) is 1. The molecule has 1 N–H and O–H groups in total. The van der Waals surface area contributed by atoms with Gasteiger partial charge in [-0.1, -0.05) is 24.3 Å². The molecule has 2 atom stereocenters. The lowest BCUT2D eigenvalue weighted by Crippen LogP contribution is -2.49. The molecule has 33 heavy (non-hydrogen) atoms. The van der Waals surface area contributed by atoms with Crippen LogP contribution in [0, 0.1) is 17.7 Å². The molecule has 0 spiro atoms. The normalized spacial score (nSPS) is 20.4. The molecule has 0 aromatic heterocycles. The molecule has 4 rings (SSSR count). The summed E-state index contributed by atoms with van der Waals surface area (Å²) in [4.78, 5) is 41.3. The first-order chi connectivity index (χ1) is 15.9. The second kappa shape index (κ2) is 9.85. The van der Waals surface area contributed by atoms with E-state index < -0.39 is 23.7 Å². The van der Waals surface area contributed by atoms with E-state index in [4.69, 9.17) is 0 Å². The van der Waals surface area contributed by atoms with Crippen molar-refractivity contribution in [2.75, 3.05) is 36.4 Å². The summed E-state index contributed by atoms with van der Waals surface area (Å²) in [5, 5.41) is 14.2. The fraction of sp³-hybridized carbons (Fsp3) is 0.320. The van der Waals surface area contributed by atoms with E-state index in [-0.39, 0.29) is 18.1 Å². The van der Waals surface area contributed by atoms with Crippen molar-refractivity contribution in [3.63, 3.8) is 0 Å². The van der Waals surface area contributed by atoms with Crippen LogP contribution >= 0.6 is 0 Å². The van der Waals surface area contributed by atoms with Crippen LogP contribution in [-0.4, -0.2) is 48.9 Å². The molecule has 0 radical (unpaired) electrons. The molecule has 7 nitrogen and oxygen atoms in total. The summed E-state index contributed by atoms with van der Waals surface area (Å²) >= 11 is 0. The van der Waals surface area contributed by atoms with Gasteiger partial charge in [-0.2, -0.15) is 0 Å². The number of piperazine rings is 1. The topological polar surface area (TPSA) is 92.8 Å². The summed E-state index contributed by atoms with van der Waals surface area (Å²) in [6.45, 7) is 2.18. The number of hydrogen-bond donors (Lipinski definition) is 1. The van der Waals surface area contributed by atoms with Gasteiger partial charge in [0.25, 0.3) is 5.91 Å². The molecule has 1 heterocycles. The van der Waals surface area contributed by atoms with Gasteiger partial charge in [0.1, 0.15) is 5.82 Å². The third-order valence-corrected chi connectivity index (χ3v) is 6.25. The number of carbonyl (C=O) groups is 3. The first-order valence-corrected chi connectivity index (χ1v) is 11.0. The van der Waals surface area contributed by atoms with Crippen molar-refractivity contribution in [3.8, 4) is 0 Å². The number of halogens is 1. The number of para-hydroxylation sites is 1. The zero-order valence-electron chi connectivity index (χ0n) is 18.1. The Hall–Kier alpha value is -3.68. The molecule has 1 saturated heterocycles. The van der Waals surface area contributed by atoms with E-state index in [1.807, 2.05) is 0 Å². The number of carboxylic acid groups (broad SMARTS) is 1. The van der Waals surface area contributed by atoms with Crippen LogP contribution in [0.15, 0.2) is 60.7 Å². The Labute approximate surface area is 191 Å². The molecule has 0 saturated carbocycles. The Morgan fingerprint density at radius 1 is 0.879 bits per heavy atom. The monoisotopic (exact) mass is 450 g/mol. The number of benzene rings is 2. The number of allylic oxidation sites excluding steroid dienone is 2. The van der Waals surface area contributed by atoms with E-state index in [1.165, 1.54) is 12.1 Å². The number of rotatable bonds is 5. The minimum Gasteiger partial charge on any atom is -0.550 e. The van der Waals surface area contributed by atoms with Crippen LogP contribution in [0.2, 0.25) is 0 Å². The fourth-order valence-electron chi connectivity index (χ4n) is 4.36. The number of carboxylic acids is 1. The average Bonchev–Trinajstić information content (AvgIpc) is 2.84. The molecule has 1 fully saturated rings. The van der Waals surface area contributed by atoms with E-state index >= 15 is 0 Å². The Morgan fingerprint density at radius 2 is 1.52 bits per heavy atom. The van der Waals surface area contributed by atoms with Gasteiger partial charge in [-0.05, 0) is 49.2 Å². The fourth-order valence-corrected chi connectivity index (χ4v) is 4.36. The quantitative estimate of drug-likeness (QED) is 0.704. The van der Waals surface area contributed by atoms with E-state index in [1.54, 1.807) is 53.5 Å². The van der Waals surface area contributed by atoms with Gasteiger partial charge >= 0.3 is 0 Å². The van der Waals surface area contributed by atoms with Crippen LogP contribution in [0.1, 0.15) is 23.2 Å². The molecule has 1 aliphatic heterocycles. The van der Waals surface area contributed by atoms with Gasteiger partial charge in [0, 0.05) is 43.8 Å². The molecule has 2 amide bonds. The molecule has 0 unspecified atom stereocenters. The van der Waals surface area contributed by atoms with Crippen LogP contribution in [-0.2, 0) is 9.59 Å². The molecule has 0 bridgehead atoms. The molecular weight excluding hydrogens is 425 g/mol. The molecular formula is C25H25FN3O4-. The Morgan fingerprint density at radius 3 is 2.18 bits per heavy atom.